The number of hydrogen-bond donors (Lipinski definition) is 3. The highest BCUT2D eigenvalue weighted by Crippen LogP contribution is 2.34. The first-order chi connectivity index (χ1) is 19.8. The van der Waals surface area contributed by atoms with Crippen molar-refractivity contribution < 1.29 is 28.2 Å². The van der Waals surface area contributed by atoms with Gasteiger partial charge in [-0.1, -0.05) is 42.5 Å². The molecule has 1 aliphatic heterocycles. The molecular formula is C31H36ClFN4O5. The van der Waals surface area contributed by atoms with Crippen molar-refractivity contribution in [3.8, 4) is 11.5 Å². The second-order valence-electron chi connectivity index (χ2n) is 9.68. The average molecular weight is 599 g/mol. The van der Waals surface area contributed by atoms with Gasteiger partial charge in [0.05, 0.1) is 6.61 Å². The fourth-order valence-corrected chi connectivity index (χ4v) is 4.70. The molecule has 3 aromatic rings. The Morgan fingerprint density at radius 3 is 2.33 bits per heavy atom. The smallest absolute Gasteiger partial charge is 0.254 e. The van der Waals surface area contributed by atoms with Crippen molar-refractivity contribution >= 4 is 30.1 Å². The molecule has 224 valence electrons. The van der Waals surface area contributed by atoms with Crippen molar-refractivity contribution in [2.45, 2.75) is 38.5 Å². The summed E-state index contributed by atoms with van der Waals surface area (Å²) >= 11 is 0. The van der Waals surface area contributed by atoms with E-state index in [0.717, 1.165) is 5.56 Å². The summed E-state index contributed by atoms with van der Waals surface area (Å²) in [6, 6.07) is 18.9. The highest BCUT2D eigenvalue weighted by Gasteiger charge is 2.29. The summed E-state index contributed by atoms with van der Waals surface area (Å²) in [6.45, 7) is 3.28. The summed E-state index contributed by atoms with van der Waals surface area (Å²) in [5.41, 5.74) is 7.47. The molecule has 2 amide bonds. The molecule has 0 radical (unpaired) electrons. The number of amides is 2. The Hall–Kier alpha value is -4.15. The number of carbonyl (C=O) groups is 2. The van der Waals surface area contributed by atoms with E-state index in [9.17, 15) is 9.59 Å². The molecular weight excluding hydrogens is 563 g/mol. The predicted octanol–water partition coefficient (Wildman–Crippen LogP) is 4.62. The Balaban J connectivity index is 0.00000484. The molecule has 0 aromatic heterocycles. The molecule has 4 rings (SSSR count). The number of benzene rings is 3. The Morgan fingerprint density at radius 2 is 1.74 bits per heavy atom. The van der Waals surface area contributed by atoms with E-state index in [1.165, 1.54) is 19.2 Å². The van der Waals surface area contributed by atoms with Gasteiger partial charge in [0.1, 0.15) is 17.7 Å². The van der Waals surface area contributed by atoms with Crippen LogP contribution in [0, 0.1) is 11.2 Å². The summed E-state index contributed by atoms with van der Waals surface area (Å²) < 4.78 is 33.0. The zero-order valence-electron chi connectivity index (χ0n) is 23.6. The first-order valence-electron chi connectivity index (χ1n) is 13.5. The van der Waals surface area contributed by atoms with Crippen LogP contribution in [0.1, 0.15) is 52.9 Å². The molecule has 1 unspecified atom stereocenters. The summed E-state index contributed by atoms with van der Waals surface area (Å²) in [4.78, 5) is 27.6. The quantitative estimate of drug-likeness (QED) is 0.218. The first kappa shape index (κ1) is 32.4. The number of hydrogen-bond acceptors (Lipinski definition) is 6. The fraction of sp³-hybridized carbons (Fsp3) is 0.323. The average Bonchev–Trinajstić information content (AvgIpc) is 2.99. The summed E-state index contributed by atoms with van der Waals surface area (Å²) in [5.74, 6) is -1.01. The molecule has 0 spiro atoms. The van der Waals surface area contributed by atoms with E-state index in [2.05, 4.69) is 5.32 Å². The molecule has 11 heteroatoms. The lowest BCUT2D eigenvalue weighted by Crippen LogP contribution is -2.41. The maximum absolute atomic E-state index is 15.8. The Bertz CT molecular complexity index is 1370. The first-order valence-corrected chi connectivity index (χ1v) is 13.5. The Kier molecular flexibility index (Phi) is 11.7. The van der Waals surface area contributed by atoms with Crippen molar-refractivity contribution in [1.82, 2.24) is 10.2 Å². The number of nitrogens with one attached hydrogen (secondary N) is 2. The summed E-state index contributed by atoms with van der Waals surface area (Å²) in [7, 11) is 1.33. The number of nitrogen functional groups attached to an aromatic ring is 1. The van der Waals surface area contributed by atoms with Gasteiger partial charge in [0.25, 0.3) is 11.8 Å². The van der Waals surface area contributed by atoms with Crippen LogP contribution in [0.15, 0.2) is 66.7 Å². The zero-order valence-corrected chi connectivity index (χ0v) is 24.4. The van der Waals surface area contributed by atoms with Crippen LogP contribution < -0.4 is 20.5 Å². The zero-order chi connectivity index (χ0) is 29.4. The normalized spacial score (nSPS) is 13.9. The SMILES string of the molecule is CCOc1cc(OC2CCN(C(=O)c3ccccc3)CC2)c(F)c(C(OC)C(=O)NCc2ccc(C(=N)N)cc2)c1.Cl. The largest absolute Gasteiger partial charge is 0.494 e. The Labute approximate surface area is 251 Å². The lowest BCUT2D eigenvalue weighted by atomic mass is 10.0. The molecule has 1 fully saturated rings. The number of methoxy groups -OCH3 is 1. The van der Waals surface area contributed by atoms with E-state index >= 15 is 4.39 Å². The monoisotopic (exact) mass is 598 g/mol. The lowest BCUT2D eigenvalue weighted by Gasteiger charge is -2.32. The number of likely N-dealkylation sites (tertiary alicyclic amines) is 1. The minimum atomic E-state index is -1.25. The second kappa shape index (κ2) is 15.2. The van der Waals surface area contributed by atoms with Gasteiger partial charge in [0.15, 0.2) is 17.7 Å². The number of ether oxygens (including phenoxy) is 3. The van der Waals surface area contributed by atoms with Gasteiger partial charge in [-0.3, -0.25) is 15.0 Å². The van der Waals surface area contributed by atoms with Crippen LogP contribution in [0.25, 0.3) is 0 Å². The molecule has 0 aliphatic carbocycles. The standard InChI is InChI=1S/C31H35FN4O5.ClH/c1-3-40-24-17-25(28(39-2)30(37)35-19-20-9-11-21(12-10-20)29(33)34)27(32)26(18-24)41-23-13-15-36(16-14-23)31(38)22-7-5-4-6-8-22;/h4-12,17-18,23,28H,3,13-16,19H2,1-2H3,(H3,33,34)(H,35,37);1H. The number of carbonyl (C=O) groups excluding carboxylic acids is 2. The summed E-state index contributed by atoms with van der Waals surface area (Å²) in [6.07, 6.45) is -0.507. The van der Waals surface area contributed by atoms with Crippen molar-refractivity contribution in [2.24, 2.45) is 5.73 Å². The highest BCUT2D eigenvalue weighted by molar-refractivity contribution is 5.95. The van der Waals surface area contributed by atoms with E-state index in [1.807, 2.05) is 18.2 Å². The second-order valence-corrected chi connectivity index (χ2v) is 9.68. The maximum Gasteiger partial charge on any atom is 0.254 e. The van der Waals surface area contributed by atoms with Crippen molar-refractivity contribution in [3.63, 3.8) is 0 Å². The van der Waals surface area contributed by atoms with Gasteiger partial charge in [0.2, 0.25) is 0 Å². The maximum atomic E-state index is 15.8. The van der Waals surface area contributed by atoms with E-state index in [1.54, 1.807) is 48.2 Å². The number of nitrogens with zero attached hydrogens (tertiary/aromatic N) is 1. The van der Waals surface area contributed by atoms with Gasteiger partial charge in [-0.25, -0.2) is 4.39 Å². The minimum Gasteiger partial charge on any atom is -0.494 e. The Morgan fingerprint density at radius 1 is 1.07 bits per heavy atom. The molecule has 1 heterocycles. The number of halogens is 2. The van der Waals surface area contributed by atoms with E-state index in [0.29, 0.717) is 49.4 Å². The number of piperidine rings is 1. The third-order valence-electron chi connectivity index (χ3n) is 6.88. The van der Waals surface area contributed by atoms with E-state index in [4.69, 9.17) is 25.4 Å². The van der Waals surface area contributed by atoms with Gasteiger partial charge in [-0.15, -0.1) is 12.4 Å². The van der Waals surface area contributed by atoms with Gasteiger partial charge in [0, 0.05) is 62.3 Å². The third kappa shape index (κ3) is 7.98. The van der Waals surface area contributed by atoms with Gasteiger partial charge in [-0.2, -0.15) is 0 Å². The van der Waals surface area contributed by atoms with Gasteiger partial charge >= 0.3 is 0 Å². The topological polar surface area (TPSA) is 127 Å². The molecule has 1 aliphatic rings. The molecule has 0 saturated carbocycles. The molecule has 3 aromatic carbocycles. The molecule has 9 nitrogen and oxygen atoms in total. The third-order valence-corrected chi connectivity index (χ3v) is 6.88. The fourth-order valence-electron chi connectivity index (χ4n) is 4.70. The van der Waals surface area contributed by atoms with Gasteiger partial charge < -0.3 is 30.2 Å². The van der Waals surface area contributed by atoms with Crippen LogP contribution in [-0.4, -0.2) is 55.5 Å². The minimum absolute atomic E-state index is 0. The number of amidine groups is 1. The van der Waals surface area contributed by atoms with E-state index in [-0.39, 0.29) is 48.1 Å². The van der Waals surface area contributed by atoms with Crippen molar-refractivity contribution in [3.05, 3.63) is 94.8 Å². The van der Waals surface area contributed by atoms with Crippen LogP contribution in [0.2, 0.25) is 0 Å². The van der Waals surface area contributed by atoms with Gasteiger partial charge in [-0.05, 0) is 30.7 Å². The molecule has 42 heavy (non-hydrogen) atoms. The number of nitrogens with two attached hydrogens (primary N) is 1. The molecule has 1 atom stereocenters. The highest BCUT2D eigenvalue weighted by atomic mass is 35.5. The molecule has 0 bridgehead atoms. The van der Waals surface area contributed by atoms with Crippen LogP contribution in [0.4, 0.5) is 4.39 Å². The van der Waals surface area contributed by atoms with Crippen LogP contribution in [0.3, 0.4) is 0 Å². The van der Waals surface area contributed by atoms with Crippen LogP contribution in [-0.2, 0) is 16.1 Å². The molecule has 4 N–H and O–H groups in total. The van der Waals surface area contributed by atoms with Crippen molar-refractivity contribution in [1.29, 1.82) is 5.41 Å². The lowest BCUT2D eigenvalue weighted by molar-refractivity contribution is -0.131. The molecule has 1 saturated heterocycles. The summed E-state index contributed by atoms with van der Waals surface area (Å²) in [5, 5.41) is 10.3. The number of rotatable bonds is 11. The predicted molar refractivity (Wildman–Crippen MR) is 160 cm³/mol. The van der Waals surface area contributed by atoms with E-state index < -0.39 is 17.8 Å². The van der Waals surface area contributed by atoms with Crippen LogP contribution in [0.5, 0.6) is 11.5 Å². The van der Waals surface area contributed by atoms with Crippen LogP contribution >= 0.6 is 12.4 Å². The van der Waals surface area contributed by atoms with Crippen molar-refractivity contribution in [2.75, 3.05) is 26.8 Å².